The molecule has 3 unspecified atom stereocenters. The summed E-state index contributed by atoms with van der Waals surface area (Å²) in [6.45, 7) is 7.29. The van der Waals surface area contributed by atoms with Crippen molar-refractivity contribution in [1.29, 1.82) is 0 Å². The van der Waals surface area contributed by atoms with Gasteiger partial charge in [0, 0.05) is 11.9 Å². The average molecular weight is 511 g/mol. The molecule has 0 aliphatic carbocycles. The van der Waals surface area contributed by atoms with E-state index < -0.39 is 13.7 Å². The van der Waals surface area contributed by atoms with E-state index in [9.17, 15) is 9.36 Å². The van der Waals surface area contributed by atoms with Gasteiger partial charge in [-0.1, -0.05) is 97.3 Å². The zero-order chi connectivity index (χ0) is 24.6. The van der Waals surface area contributed by atoms with Gasteiger partial charge in [-0.05, 0) is 31.9 Å². The van der Waals surface area contributed by atoms with E-state index in [0.29, 0.717) is 18.3 Å². The third-order valence-electron chi connectivity index (χ3n) is 5.85. The van der Waals surface area contributed by atoms with Gasteiger partial charge in [0.15, 0.2) is 0 Å². The summed E-state index contributed by atoms with van der Waals surface area (Å²) in [5, 5.41) is 8.69. The van der Waals surface area contributed by atoms with E-state index in [1.807, 2.05) is 0 Å². The predicted molar refractivity (Wildman–Crippen MR) is 141 cm³/mol. The predicted octanol–water partition coefficient (Wildman–Crippen LogP) is 8.88. The van der Waals surface area contributed by atoms with Crippen LogP contribution in [0, 0.1) is 0 Å². The molecule has 0 aromatic heterocycles. The molecule has 0 fully saturated rings. The normalized spacial score (nSPS) is 14.2. The molecule has 33 heavy (non-hydrogen) atoms. The van der Waals surface area contributed by atoms with Crippen molar-refractivity contribution in [2.45, 2.75) is 135 Å². The molecule has 0 radical (unpaired) electrons. The highest BCUT2D eigenvalue weighted by Gasteiger charge is 2.18. The largest absolute Gasteiger partial charge is 0.421 e. The van der Waals surface area contributed by atoms with Gasteiger partial charge in [-0.15, -0.1) is 0 Å². The van der Waals surface area contributed by atoms with Gasteiger partial charge < -0.3 is 9.26 Å². The van der Waals surface area contributed by atoms with Gasteiger partial charge in [0.25, 0.3) is 0 Å². The van der Waals surface area contributed by atoms with E-state index in [1.54, 1.807) is 0 Å². The molecule has 0 heterocycles. The quantitative estimate of drug-likeness (QED) is 0.0568. The number of rotatable bonds is 25. The Balaban J connectivity index is 4.09. The fraction of sp³-hybridized carbons (Fsp3) is 0.960. The van der Waals surface area contributed by atoms with Crippen LogP contribution in [0.5, 0.6) is 0 Å². The Morgan fingerprint density at radius 1 is 0.818 bits per heavy atom. The summed E-state index contributed by atoms with van der Waals surface area (Å²) in [6, 6.07) is 0. The average Bonchev–Trinajstić information content (AvgIpc) is 2.82. The highest BCUT2D eigenvalue weighted by molar-refractivity contribution is 7.99. The van der Waals surface area contributed by atoms with Gasteiger partial charge in [-0.2, -0.15) is 17.0 Å². The van der Waals surface area contributed by atoms with Crippen LogP contribution >= 0.6 is 19.8 Å². The highest BCUT2D eigenvalue weighted by Crippen LogP contribution is 2.26. The Labute approximate surface area is 208 Å². The smallest absolute Gasteiger partial charge is 0.377 e. The van der Waals surface area contributed by atoms with Crippen LogP contribution in [0.15, 0.2) is 0 Å². The topological polar surface area (TPSA) is 82.1 Å². The van der Waals surface area contributed by atoms with Crippen molar-refractivity contribution in [3.05, 3.63) is 0 Å². The number of thioether (sulfide) groups is 1. The lowest BCUT2D eigenvalue weighted by Gasteiger charge is -2.24. The third kappa shape index (κ3) is 21.0. The Hall–Kier alpha value is -0.0700. The van der Waals surface area contributed by atoms with E-state index in [0.717, 1.165) is 0 Å². The second-order valence-electron chi connectivity index (χ2n) is 8.88. The summed E-state index contributed by atoms with van der Waals surface area (Å²) < 4.78 is 22.3. The number of ether oxygens (including phenoxy) is 1. The van der Waals surface area contributed by atoms with E-state index >= 15 is 0 Å². The molecule has 0 aliphatic heterocycles. The van der Waals surface area contributed by atoms with E-state index in [-0.39, 0.29) is 12.7 Å². The van der Waals surface area contributed by atoms with Crippen molar-refractivity contribution >= 4 is 25.5 Å². The van der Waals surface area contributed by atoms with E-state index in [4.69, 9.17) is 14.5 Å². The minimum absolute atomic E-state index is 0.146. The van der Waals surface area contributed by atoms with Gasteiger partial charge in [0.05, 0.1) is 12.7 Å². The van der Waals surface area contributed by atoms with Gasteiger partial charge in [0.2, 0.25) is 0 Å². The molecule has 0 aromatic carbocycles. The lowest BCUT2D eigenvalue weighted by Crippen LogP contribution is -2.24. The van der Waals surface area contributed by atoms with Gasteiger partial charge >= 0.3 is 13.7 Å². The molecule has 0 rings (SSSR count). The monoisotopic (exact) mass is 510 g/mol. The molecule has 0 bridgehead atoms. The van der Waals surface area contributed by atoms with Gasteiger partial charge in [-0.25, -0.2) is 4.79 Å². The number of carbonyl (C=O) groups excluding carboxylic acids is 1. The van der Waals surface area contributed by atoms with Crippen LogP contribution in [0.1, 0.15) is 124 Å². The first kappa shape index (κ1) is 32.9. The second kappa shape index (κ2) is 25.0. The molecule has 8 heteroatoms. The second-order valence-corrected chi connectivity index (χ2v) is 11.5. The van der Waals surface area contributed by atoms with Crippen LogP contribution in [-0.4, -0.2) is 41.3 Å². The SMILES string of the molecule is CCCCCCCCCCCSC(CCCCCCC)C(C)OCCCO[PH](=O)C(=O)OO. The Morgan fingerprint density at radius 2 is 1.36 bits per heavy atom. The maximum atomic E-state index is 11.3. The minimum atomic E-state index is -3.00. The summed E-state index contributed by atoms with van der Waals surface area (Å²) in [5.74, 6) is 1.19. The summed E-state index contributed by atoms with van der Waals surface area (Å²) >= 11 is 2.05. The molecule has 0 saturated carbocycles. The van der Waals surface area contributed by atoms with Crippen molar-refractivity contribution in [2.75, 3.05) is 19.0 Å². The third-order valence-corrected chi connectivity index (χ3v) is 8.31. The van der Waals surface area contributed by atoms with Crippen LogP contribution in [0.4, 0.5) is 4.79 Å². The lowest BCUT2D eigenvalue weighted by molar-refractivity contribution is -0.168. The zero-order valence-electron chi connectivity index (χ0n) is 21.5. The van der Waals surface area contributed by atoms with Crippen molar-refractivity contribution in [1.82, 2.24) is 0 Å². The fourth-order valence-corrected chi connectivity index (χ4v) is 5.63. The van der Waals surface area contributed by atoms with E-state index in [1.165, 1.54) is 102 Å². The molecule has 1 N–H and O–H groups in total. The molecule has 0 spiro atoms. The summed E-state index contributed by atoms with van der Waals surface area (Å²) in [7, 11) is -3.00. The van der Waals surface area contributed by atoms with E-state index in [2.05, 4.69) is 37.4 Å². The molecular weight excluding hydrogens is 459 g/mol. The van der Waals surface area contributed by atoms with Crippen LogP contribution < -0.4 is 0 Å². The molecule has 3 atom stereocenters. The van der Waals surface area contributed by atoms with Crippen molar-refractivity contribution < 1.29 is 28.8 Å². The summed E-state index contributed by atoms with van der Waals surface area (Å²) in [5.41, 5.74) is -1.22. The zero-order valence-corrected chi connectivity index (χ0v) is 23.3. The number of carbonyl (C=O) groups is 1. The molecule has 0 amide bonds. The maximum absolute atomic E-state index is 11.3. The lowest BCUT2D eigenvalue weighted by atomic mass is 10.1. The van der Waals surface area contributed by atoms with Crippen LogP contribution in [0.2, 0.25) is 0 Å². The number of hydrogen-bond acceptors (Lipinski definition) is 7. The van der Waals surface area contributed by atoms with Crippen molar-refractivity contribution in [3.8, 4) is 0 Å². The van der Waals surface area contributed by atoms with Crippen LogP contribution in [0.3, 0.4) is 0 Å². The van der Waals surface area contributed by atoms with Crippen LogP contribution in [-0.2, 0) is 18.7 Å². The van der Waals surface area contributed by atoms with Crippen LogP contribution in [0.25, 0.3) is 0 Å². The maximum Gasteiger partial charge on any atom is 0.421 e. The Bertz CT molecular complexity index is 466. The Kier molecular flexibility index (Phi) is 25.0. The molecular formula is C25H51O6PS. The summed E-state index contributed by atoms with van der Waals surface area (Å²) in [6.07, 6.45) is 20.5. The van der Waals surface area contributed by atoms with Crippen molar-refractivity contribution in [3.63, 3.8) is 0 Å². The molecule has 0 aromatic rings. The van der Waals surface area contributed by atoms with Gasteiger partial charge in [-0.3, -0.25) is 9.45 Å². The summed E-state index contributed by atoms with van der Waals surface area (Å²) in [4.78, 5) is 14.3. The molecule has 0 aliphatic rings. The standard InChI is InChI=1S/C25H51O6PS/c1-4-6-8-10-11-12-13-15-17-22-33-24(19-16-14-9-7-5-2)23(3)29-20-18-21-30-32(28)25(26)31-27/h23-24,27,32H,4-22H2,1-3H3. The highest BCUT2D eigenvalue weighted by atomic mass is 32.2. The molecule has 6 nitrogen and oxygen atoms in total. The Morgan fingerprint density at radius 3 is 1.94 bits per heavy atom. The fourth-order valence-electron chi connectivity index (χ4n) is 3.75. The first-order valence-corrected chi connectivity index (χ1v) is 15.7. The number of unbranched alkanes of at least 4 members (excludes halogenated alkanes) is 12. The minimum Gasteiger partial charge on any atom is -0.377 e. The molecule has 198 valence electrons. The van der Waals surface area contributed by atoms with Crippen molar-refractivity contribution in [2.24, 2.45) is 0 Å². The first-order chi connectivity index (χ1) is 16.1. The first-order valence-electron chi connectivity index (χ1n) is 13.3. The van der Waals surface area contributed by atoms with Gasteiger partial charge in [0.1, 0.15) is 0 Å². The number of hydrogen-bond donors (Lipinski definition) is 1. The molecule has 0 saturated heterocycles.